The van der Waals surface area contributed by atoms with Crippen LogP contribution in [0.25, 0.3) is 0 Å². The van der Waals surface area contributed by atoms with Gasteiger partial charge in [-0.3, -0.25) is 14.4 Å². The molecule has 0 spiro atoms. The molecular weight excluding hydrogens is 296 g/mol. The van der Waals surface area contributed by atoms with Gasteiger partial charge < -0.3 is 15.3 Å². The summed E-state index contributed by atoms with van der Waals surface area (Å²) in [4.78, 5) is 36.9. The number of likely N-dealkylation sites (tertiary alicyclic amines) is 1. The van der Waals surface area contributed by atoms with Crippen LogP contribution in [-0.4, -0.2) is 40.9 Å². The van der Waals surface area contributed by atoms with Crippen molar-refractivity contribution in [2.45, 2.75) is 25.7 Å². The molecule has 6 heteroatoms. The zero-order valence-electron chi connectivity index (χ0n) is 12.8. The van der Waals surface area contributed by atoms with E-state index in [9.17, 15) is 14.4 Å². The highest BCUT2D eigenvalue weighted by atomic mass is 16.4. The monoisotopic (exact) mass is 316 g/mol. The fraction of sp³-hybridized carbons (Fsp3) is 0.471. The summed E-state index contributed by atoms with van der Waals surface area (Å²) in [6.07, 6.45) is 1.94. The van der Waals surface area contributed by atoms with Crippen molar-refractivity contribution in [3.63, 3.8) is 0 Å². The second-order valence-corrected chi connectivity index (χ2v) is 6.25. The number of carboxylic acid groups (broad SMARTS) is 1. The Morgan fingerprint density at radius 3 is 2.83 bits per heavy atom. The van der Waals surface area contributed by atoms with Crippen molar-refractivity contribution in [2.24, 2.45) is 11.8 Å². The van der Waals surface area contributed by atoms with Crippen molar-refractivity contribution in [2.75, 3.05) is 18.4 Å². The van der Waals surface area contributed by atoms with E-state index in [-0.39, 0.29) is 30.7 Å². The highest BCUT2D eigenvalue weighted by molar-refractivity contribution is 5.96. The third-order valence-corrected chi connectivity index (χ3v) is 4.71. The van der Waals surface area contributed by atoms with Gasteiger partial charge in [-0.15, -0.1) is 0 Å². The maximum Gasteiger partial charge on any atom is 0.308 e. The van der Waals surface area contributed by atoms with Gasteiger partial charge in [0.15, 0.2) is 0 Å². The number of carbonyl (C=O) groups excluding carboxylic acids is 2. The fourth-order valence-corrected chi connectivity index (χ4v) is 3.29. The number of hydrogen-bond acceptors (Lipinski definition) is 3. The molecule has 2 heterocycles. The van der Waals surface area contributed by atoms with Gasteiger partial charge in [-0.2, -0.15) is 0 Å². The van der Waals surface area contributed by atoms with Crippen molar-refractivity contribution >= 4 is 23.5 Å². The largest absolute Gasteiger partial charge is 0.481 e. The van der Waals surface area contributed by atoms with Crippen molar-refractivity contribution < 1.29 is 19.5 Å². The van der Waals surface area contributed by atoms with Gasteiger partial charge in [-0.05, 0) is 30.9 Å². The third kappa shape index (κ3) is 3.36. The van der Waals surface area contributed by atoms with Gasteiger partial charge in [-0.1, -0.05) is 18.2 Å². The molecule has 2 aliphatic rings. The highest BCUT2D eigenvalue weighted by Gasteiger charge is 2.32. The molecule has 2 amide bonds. The lowest BCUT2D eigenvalue weighted by Gasteiger charge is -2.25. The fourth-order valence-electron chi connectivity index (χ4n) is 3.29. The molecule has 0 aliphatic carbocycles. The van der Waals surface area contributed by atoms with E-state index < -0.39 is 11.9 Å². The number of nitrogens with zero attached hydrogens (tertiary/aromatic N) is 1. The molecule has 1 saturated heterocycles. The van der Waals surface area contributed by atoms with Crippen LogP contribution in [0.2, 0.25) is 0 Å². The van der Waals surface area contributed by atoms with Crippen LogP contribution in [0.1, 0.15) is 24.8 Å². The first-order chi connectivity index (χ1) is 11.0. The molecule has 23 heavy (non-hydrogen) atoms. The lowest BCUT2D eigenvalue weighted by molar-refractivity contribution is -0.141. The van der Waals surface area contributed by atoms with E-state index in [1.165, 1.54) is 0 Å². The van der Waals surface area contributed by atoms with Crippen LogP contribution in [0, 0.1) is 11.8 Å². The number of nitrogens with one attached hydrogen (secondary N) is 1. The summed E-state index contributed by atoms with van der Waals surface area (Å²) in [5.74, 6) is -1.60. The molecule has 1 aromatic rings. The molecule has 0 unspecified atom stereocenters. The second kappa shape index (κ2) is 6.40. The van der Waals surface area contributed by atoms with E-state index in [1.807, 2.05) is 24.3 Å². The average Bonchev–Trinajstić information content (AvgIpc) is 3.03. The van der Waals surface area contributed by atoms with Crippen LogP contribution < -0.4 is 5.32 Å². The minimum atomic E-state index is -0.844. The maximum absolute atomic E-state index is 12.2. The molecule has 0 saturated carbocycles. The van der Waals surface area contributed by atoms with Gasteiger partial charge in [0.05, 0.1) is 5.92 Å². The summed E-state index contributed by atoms with van der Waals surface area (Å²) < 4.78 is 0. The van der Waals surface area contributed by atoms with Gasteiger partial charge >= 0.3 is 5.97 Å². The first-order valence-corrected chi connectivity index (χ1v) is 7.94. The number of carbonyl (C=O) groups is 3. The maximum atomic E-state index is 12.2. The lowest BCUT2D eigenvalue weighted by Crippen LogP contribution is -2.33. The van der Waals surface area contributed by atoms with E-state index in [0.29, 0.717) is 25.8 Å². The zero-order chi connectivity index (χ0) is 16.4. The Morgan fingerprint density at radius 2 is 2.09 bits per heavy atom. The van der Waals surface area contributed by atoms with E-state index in [1.54, 1.807) is 4.90 Å². The van der Waals surface area contributed by atoms with Crippen molar-refractivity contribution in [3.8, 4) is 0 Å². The standard InChI is InChI=1S/C17H20N2O4/c20-15(19-8-7-13(10-19)17(22)23)6-5-12-9-11-3-1-2-4-14(11)18-16(12)21/h1-4,12-13H,5-10H2,(H,18,21)(H,22,23)/t12-,13+/m1/s1. The minimum Gasteiger partial charge on any atom is -0.481 e. The molecule has 3 rings (SSSR count). The smallest absolute Gasteiger partial charge is 0.308 e. The molecule has 6 nitrogen and oxygen atoms in total. The number of amides is 2. The first kappa shape index (κ1) is 15.5. The minimum absolute atomic E-state index is 0.0404. The number of carboxylic acids is 1. The van der Waals surface area contributed by atoms with Gasteiger partial charge in [-0.25, -0.2) is 0 Å². The number of para-hydroxylation sites is 1. The van der Waals surface area contributed by atoms with Crippen LogP contribution in [0.5, 0.6) is 0 Å². The molecular formula is C17H20N2O4. The van der Waals surface area contributed by atoms with Crippen LogP contribution in [0.15, 0.2) is 24.3 Å². The van der Waals surface area contributed by atoms with Gasteiger partial charge in [0.25, 0.3) is 0 Å². The summed E-state index contributed by atoms with van der Waals surface area (Å²) in [5, 5.41) is 11.9. The average molecular weight is 316 g/mol. The van der Waals surface area contributed by atoms with Crippen LogP contribution >= 0.6 is 0 Å². The molecule has 122 valence electrons. The highest BCUT2D eigenvalue weighted by Crippen LogP contribution is 2.28. The number of hydrogen-bond donors (Lipinski definition) is 2. The molecule has 1 fully saturated rings. The number of anilines is 1. The summed E-state index contributed by atoms with van der Waals surface area (Å²) in [6.45, 7) is 0.781. The van der Waals surface area contributed by atoms with Crippen molar-refractivity contribution in [1.82, 2.24) is 4.90 Å². The Bertz CT molecular complexity index is 643. The van der Waals surface area contributed by atoms with Crippen LogP contribution in [0.3, 0.4) is 0 Å². The number of benzene rings is 1. The van der Waals surface area contributed by atoms with Crippen molar-refractivity contribution in [3.05, 3.63) is 29.8 Å². The number of aliphatic carboxylic acids is 1. The van der Waals surface area contributed by atoms with Gasteiger partial charge in [0.1, 0.15) is 0 Å². The van der Waals surface area contributed by atoms with Crippen LogP contribution in [-0.2, 0) is 20.8 Å². The predicted molar refractivity (Wildman–Crippen MR) is 83.8 cm³/mol. The number of fused-ring (bicyclic) bond motifs is 1. The molecule has 0 bridgehead atoms. The molecule has 0 aromatic heterocycles. The lowest BCUT2D eigenvalue weighted by atomic mass is 9.89. The molecule has 2 aliphatic heterocycles. The Labute approximate surface area is 134 Å². The Hall–Kier alpha value is -2.37. The zero-order valence-corrected chi connectivity index (χ0v) is 12.8. The molecule has 2 N–H and O–H groups in total. The SMILES string of the molecule is O=C(O)[C@H]1CCN(C(=O)CC[C@@H]2Cc3ccccc3NC2=O)C1. The Kier molecular flexibility index (Phi) is 4.32. The Morgan fingerprint density at radius 1 is 1.30 bits per heavy atom. The van der Waals surface area contributed by atoms with E-state index in [2.05, 4.69) is 5.32 Å². The normalized spacial score (nSPS) is 23.3. The van der Waals surface area contributed by atoms with Crippen molar-refractivity contribution in [1.29, 1.82) is 0 Å². The topological polar surface area (TPSA) is 86.7 Å². The Balaban J connectivity index is 1.54. The summed E-state index contributed by atoms with van der Waals surface area (Å²) in [7, 11) is 0. The van der Waals surface area contributed by atoms with E-state index in [0.717, 1.165) is 11.3 Å². The van der Waals surface area contributed by atoms with Gasteiger partial charge in [0, 0.05) is 31.1 Å². The van der Waals surface area contributed by atoms with Gasteiger partial charge in [0.2, 0.25) is 11.8 Å². The second-order valence-electron chi connectivity index (χ2n) is 6.25. The summed E-state index contributed by atoms with van der Waals surface area (Å²) >= 11 is 0. The first-order valence-electron chi connectivity index (χ1n) is 7.94. The molecule has 1 aromatic carbocycles. The summed E-state index contributed by atoms with van der Waals surface area (Å²) in [6, 6.07) is 7.69. The molecule has 2 atom stereocenters. The third-order valence-electron chi connectivity index (χ3n) is 4.71. The van der Waals surface area contributed by atoms with E-state index in [4.69, 9.17) is 5.11 Å². The molecule has 0 radical (unpaired) electrons. The predicted octanol–water partition coefficient (Wildman–Crippen LogP) is 1.51. The van der Waals surface area contributed by atoms with E-state index >= 15 is 0 Å². The van der Waals surface area contributed by atoms with Crippen LogP contribution in [0.4, 0.5) is 5.69 Å². The summed E-state index contributed by atoms with van der Waals surface area (Å²) in [5.41, 5.74) is 1.94. The quantitative estimate of drug-likeness (QED) is 0.881. The number of rotatable bonds is 4.